The number of hydrogen-bond donors (Lipinski definition) is 1. The molecule has 1 aromatic carbocycles. The van der Waals surface area contributed by atoms with Crippen molar-refractivity contribution in [1.29, 1.82) is 0 Å². The van der Waals surface area contributed by atoms with Crippen LogP contribution in [0, 0.1) is 0 Å². The van der Waals surface area contributed by atoms with E-state index in [9.17, 15) is 13.2 Å². The molecule has 2 aromatic rings. The molecule has 0 bridgehead atoms. The molecule has 0 saturated heterocycles. The van der Waals surface area contributed by atoms with Crippen LogP contribution in [0.15, 0.2) is 47.8 Å². The number of thiophene rings is 1. The average molecular weight is 299 g/mol. The number of rotatable bonds is 6. The van der Waals surface area contributed by atoms with Gasteiger partial charge >= 0.3 is 6.18 Å². The summed E-state index contributed by atoms with van der Waals surface area (Å²) in [6.45, 7) is 0.538. The van der Waals surface area contributed by atoms with Crippen molar-refractivity contribution in [2.24, 2.45) is 0 Å². The van der Waals surface area contributed by atoms with Gasteiger partial charge in [0.15, 0.2) is 0 Å². The molecule has 5 heteroatoms. The Hall–Kier alpha value is -1.33. The van der Waals surface area contributed by atoms with Gasteiger partial charge in [-0.15, -0.1) is 11.3 Å². The molecule has 1 heterocycles. The van der Waals surface area contributed by atoms with Gasteiger partial charge in [-0.25, -0.2) is 0 Å². The van der Waals surface area contributed by atoms with Gasteiger partial charge in [0.2, 0.25) is 0 Å². The quantitative estimate of drug-likeness (QED) is 0.823. The van der Waals surface area contributed by atoms with Gasteiger partial charge in [-0.1, -0.05) is 36.4 Å². The molecule has 108 valence electrons. The lowest BCUT2D eigenvalue weighted by Crippen LogP contribution is -2.28. The maximum atomic E-state index is 12.7. The van der Waals surface area contributed by atoms with Crippen LogP contribution in [-0.2, 0) is 6.42 Å². The van der Waals surface area contributed by atoms with Crippen molar-refractivity contribution < 1.29 is 13.2 Å². The fourth-order valence-corrected chi connectivity index (χ4v) is 2.76. The van der Waals surface area contributed by atoms with Crippen molar-refractivity contribution in [1.82, 2.24) is 5.32 Å². The molecule has 0 aliphatic rings. The summed E-state index contributed by atoms with van der Waals surface area (Å²) in [5.74, 6) is 0. The molecule has 20 heavy (non-hydrogen) atoms. The molecular weight excluding hydrogens is 283 g/mol. The maximum absolute atomic E-state index is 12.7. The zero-order chi connectivity index (χ0) is 14.4. The first-order valence-electron chi connectivity index (χ1n) is 6.42. The second kappa shape index (κ2) is 6.90. The lowest BCUT2D eigenvalue weighted by atomic mass is 10.0. The summed E-state index contributed by atoms with van der Waals surface area (Å²) in [6.07, 6.45) is -4.27. The third kappa shape index (κ3) is 4.98. The molecule has 1 unspecified atom stereocenters. The van der Waals surface area contributed by atoms with Gasteiger partial charge in [-0.05, 0) is 23.4 Å². The van der Waals surface area contributed by atoms with Crippen molar-refractivity contribution in [2.75, 3.05) is 6.54 Å². The van der Waals surface area contributed by atoms with E-state index in [0.717, 1.165) is 6.42 Å². The highest BCUT2D eigenvalue weighted by atomic mass is 32.1. The van der Waals surface area contributed by atoms with Crippen molar-refractivity contribution in [2.45, 2.75) is 25.1 Å². The van der Waals surface area contributed by atoms with Crippen molar-refractivity contribution >= 4 is 11.3 Å². The Balaban J connectivity index is 1.96. The van der Waals surface area contributed by atoms with E-state index in [1.165, 1.54) is 4.88 Å². The number of halogens is 3. The van der Waals surface area contributed by atoms with Gasteiger partial charge < -0.3 is 5.32 Å². The van der Waals surface area contributed by atoms with Gasteiger partial charge in [0.25, 0.3) is 0 Å². The Labute approximate surface area is 120 Å². The number of nitrogens with one attached hydrogen (secondary N) is 1. The highest BCUT2D eigenvalue weighted by molar-refractivity contribution is 7.09. The molecule has 0 amide bonds. The minimum absolute atomic E-state index is 0.538. The lowest BCUT2D eigenvalue weighted by Gasteiger charge is -2.20. The fourth-order valence-electron chi connectivity index (χ4n) is 2.05. The Morgan fingerprint density at radius 1 is 1.05 bits per heavy atom. The van der Waals surface area contributed by atoms with Crippen LogP contribution in [0.4, 0.5) is 13.2 Å². The van der Waals surface area contributed by atoms with Gasteiger partial charge in [-0.2, -0.15) is 13.2 Å². The standard InChI is InChI=1S/C15H16F3NS/c16-15(17,18)11-14(12-5-2-1-3-6-12)19-9-8-13-7-4-10-20-13/h1-7,10,14,19H,8-9,11H2. The number of benzene rings is 1. The zero-order valence-corrected chi connectivity index (χ0v) is 11.7. The van der Waals surface area contributed by atoms with E-state index in [2.05, 4.69) is 5.32 Å². The summed E-state index contributed by atoms with van der Waals surface area (Å²) in [5.41, 5.74) is 0.677. The van der Waals surface area contributed by atoms with Crippen molar-refractivity contribution in [3.63, 3.8) is 0 Å². The van der Waals surface area contributed by atoms with E-state index in [-0.39, 0.29) is 0 Å². The average Bonchev–Trinajstić information content (AvgIpc) is 2.90. The number of hydrogen-bond acceptors (Lipinski definition) is 2. The highest BCUT2D eigenvalue weighted by Crippen LogP contribution is 2.29. The van der Waals surface area contributed by atoms with E-state index < -0.39 is 18.6 Å². The Morgan fingerprint density at radius 3 is 2.40 bits per heavy atom. The molecule has 0 radical (unpaired) electrons. The van der Waals surface area contributed by atoms with Crippen LogP contribution >= 0.6 is 11.3 Å². The summed E-state index contributed by atoms with van der Waals surface area (Å²) in [4.78, 5) is 1.18. The Morgan fingerprint density at radius 2 is 1.80 bits per heavy atom. The van der Waals surface area contributed by atoms with Crippen LogP contribution in [0.25, 0.3) is 0 Å². The van der Waals surface area contributed by atoms with Crippen molar-refractivity contribution in [3.8, 4) is 0 Å². The van der Waals surface area contributed by atoms with E-state index in [0.29, 0.717) is 12.1 Å². The van der Waals surface area contributed by atoms with Crippen LogP contribution in [-0.4, -0.2) is 12.7 Å². The monoisotopic (exact) mass is 299 g/mol. The predicted octanol–water partition coefficient (Wildman–Crippen LogP) is 4.57. The molecule has 0 aliphatic heterocycles. The molecule has 0 saturated carbocycles. The molecule has 2 rings (SSSR count). The summed E-state index contributed by atoms with van der Waals surface area (Å²) in [6, 6.07) is 12.1. The number of alkyl halides is 3. The molecule has 0 aliphatic carbocycles. The molecule has 0 spiro atoms. The van der Waals surface area contributed by atoms with Gasteiger partial charge in [0.05, 0.1) is 6.42 Å². The van der Waals surface area contributed by atoms with Gasteiger partial charge in [0, 0.05) is 17.5 Å². The molecule has 1 atom stereocenters. The van der Waals surface area contributed by atoms with Crippen LogP contribution in [0.5, 0.6) is 0 Å². The Kier molecular flexibility index (Phi) is 5.20. The van der Waals surface area contributed by atoms with E-state index >= 15 is 0 Å². The second-order valence-electron chi connectivity index (χ2n) is 4.57. The minimum Gasteiger partial charge on any atom is -0.309 e. The van der Waals surface area contributed by atoms with Crippen LogP contribution in [0.3, 0.4) is 0 Å². The summed E-state index contributed by atoms with van der Waals surface area (Å²) >= 11 is 1.62. The van der Waals surface area contributed by atoms with E-state index in [1.807, 2.05) is 17.5 Å². The largest absolute Gasteiger partial charge is 0.390 e. The fraction of sp³-hybridized carbons (Fsp3) is 0.333. The SMILES string of the molecule is FC(F)(F)CC(NCCc1cccs1)c1ccccc1. The maximum Gasteiger partial charge on any atom is 0.390 e. The normalized spacial score (nSPS) is 13.3. The molecule has 1 N–H and O–H groups in total. The van der Waals surface area contributed by atoms with Crippen LogP contribution in [0.2, 0.25) is 0 Å². The van der Waals surface area contributed by atoms with Crippen LogP contribution < -0.4 is 5.32 Å². The summed E-state index contributed by atoms with van der Waals surface area (Å²) < 4.78 is 38.0. The Bertz CT molecular complexity index is 494. The molecule has 0 fully saturated rings. The second-order valence-corrected chi connectivity index (χ2v) is 5.60. The van der Waals surface area contributed by atoms with E-state index in [4.69, 9.17) is 0 Å². The molecule has 1 nitrogen and oxygen atoms in total. The van der Waals surface area contributed by atoms with E-state index in [1.54, 1.807) is 41.7 Å². The third-order valence-electron chi connectivity index (χ3n) is 2.98. The summed E-state index contributed by atoms with van der Waals surface area (Å²) in [7, 11) is 0. The topological polar surface area (TPSA) is 12.0 Å². The third-order valence-corrected chi connectivity index (χ3v) is 3.92. The molecular formula is C15H16F3NS. The smallest absolute Gasteiger partial charge is 0.309 e. The zero-order valence-electron chi connectivity index (χ0n) is 10.9. The lowest BCUT2D eigenvalue weighted by molar-refractivity contribution is -0.140. The first kappa shape index (κ1) is 15.1. The predicted molar refractivity (Wildman–Crippen MR) is 75.9 cm³/mol. The van der Waals surface area contributed by atoms with Gasteiger partial charge in [0.1, 0.15) is 0 Å². The van der Waals surface area contributed by atoms with Crippen molar-refractivity contribution in [3.05, 3.63) is 58.3 Å². The van der Waals surface area contributed by atoms with Crippen LogP contribution in [0.1, 0.15) is 22.9 Å². The summed E-state index contributed by atoms with van der Waals surface area (Å²) in [5, 5.41) is 4.99. The highest BCUT2D eigenvalue weighted by Gasteiger charge is 2.32. The van der Waals surface area contributed by atoms with Gasteiger partial charge in [-0.3, -0.25) is 0 Å². The first-order chi connectivity index (χ1) is 9.54. The molecule has 1 aromatic heterocycles. The minimum atomic E-state index is -4.17. The first-order valence-corrected chi connectivity index (χ1v) is 7.30.